The van der Waals surface area contributed by atoms with Crippen molar-refractivity contribution in [3.63, 3.8) is 0 Å². The van der Waals surface area contributed by atoms with E-state index in [1.54, 1.807) is 4.90 Å². The molecule has 2 aliphatic heterocycles. The third kappa shape index (κ3) is 3.39. The van der Waals surface area contributed by atoms with E-state index in [1.165, 1.54) is 7.11 Å². The molecule has 2 aromatic rings. The van der Waals surface area contributed by atoms with Gasteiger partial charge in [-0.1, -0.05) is 60.7 Å². The Labute approximate surface area is 169 Å². The van der Waals surface area contributed by atoms with Crippen LogP contribution in [0.4, 0.5) is 0 Å². The second kappa shape index (κ2) is 7.70. The molecular weight excluding hydrogens is 368 g/mol. The minimum Gasteiger partial charge on any atom is -0.468 e. The number of ether oxygens (including phenoxy) is 1. The molecule has 4 rings (SSSR count). The first-order chi connectivity index (χ1) is 14.0. The van der Waals surface area contributed by atoms with Crippen molar-refractivity contribution in [3.05, 3.63) is 71.8 Å². The van der Waals surface area contributed by atoms with Crippen molar-refractivity contribution in [1.82, 2.24) is 10.2 Å². The molecule has 2 aromatic carbocycles. The van der Waals surface area contributed by atoms with E-state index < -0.39 is 17.4 Å². The third-order valence-electron chi connectivity index (χ3n) is 5.97. The second-order valence-electron chi connectivity index (χ2n) is 7.76. The number of benzene rings is 2. The molecule has 0 saturated carbocycles. The molecule has 2 aliphatic rings. The summed E-state index contributed by atoms with van der Waals surface area (Å²) in [5.41, 5.74) is 0.562. The van der Waals surface area contributed by atoms with E-state index in [2.05, 4.69) is 5.32 Å². The molecule has 0 radical (unpaired) electrons. The van der Waals surface area contributed by atoms with Gasteiger partial charge in [0.2, 0.25) is 11.8 Å². The van der Waals surface area contributed by atoms with E-state index in [0.717, 1.165) is 11.1 Å². The van der Waals surface area contributed by atoms with E-state index in [1.807, 2.05) is 60.7 Å². The highest BCUT2D eigenvalue weighted by molar-refractivity contribution is 6.06. The average molecular weight is 392 g/mol. The van der Waals surface area contributed by atoms with Gasteiger partial charge < -0.3 is 15.0 Å². The number of methoxy groups -OCH3 is 1. The van der Waals surface area contributed by atoms with Gasteiger partial charge in [-0.3, -0.25) is 14.4 Å². The van der Waals surface area contributed by atoms with Gasteiger partial charge in [0.1, 0.15) is 6.04 Å². The molecule has 2 saturated heterocycles. The van der Waals surface area contributed by atoms with Gasteiger partial charge in [0.25, 0.3) is 0 Å². The molecule has 0 aliphatic carbocycles. The Bertz CT molecular complexity index is 915. The predicted octanol–water partition coefficient (Wildman–Crippen LogP) is 1.73. The summed E-state index contributed by atoms with van der Waals surface area (Å²) in [7, 11) is 1.31. The number of carbonyl (C=O) groups excluding carboxylic acids is 3. The molecule has 150 valence electrons. The number of piperazine rings is 1. The number of nitrogens with one attached hydrogen (secondary N) is 1. The molecule has 0 bridgehead atoms. The first-order valence-corrected chi connectivity index (χ1v) is 9.82. The van der Waals surface area contributed by atoms with Crippen LogP contribution >= 0.6 is 0 Å². The first-order valence-electron chi connectivity index (χ1n) is 9.82. The number of carbonyl (C=O) groups is 3. The highest BCUT2D eigenvalue weighted by Gasteiger charge is 2.60. The molecule has 0 unspecified atom stereocenters. The summed E-state index contributed by atoms with van der Waals surface area (Å²) in [4.78, 5) is 40.8. The van der Waals surface area contributed by atoms with Crippen LogP contribution in [0.2, 0.25) is 0 Å². The largest absolute Gasteiger partial charge is 0.468 e. The minimum atomic E-state index is -1.30. The average Bonchev–Trinajstić information content (AvgIpc) is 3.04. The molecular formula is C23H24N2O4. The molecule has 2 heterocycles. The van der Waals surface area contributed by atoms with Crippen molar-refractivity contribution >= 4 is 17.8 Å². The summed E-state index contributed by atoms with van der Waals surface area (Å²) in [6.45, 7) is 0.351. The fraction of sp³-hybridized carbons (Fsp3) is 0.348. The molecule has 1 N–H and O–H groups in total. The highest BCUT2D eigenvalue weighted by atomic mass is 16.5. The van der Waals surface area contributed by atoms with Crippen molar-refractivity contribution in [1.29, 1.82) is 0 Å². The maximum absolute atomic E-state index is 13.7. The van der Waals surface area contributed by atoms with E-state index >= 15 is 0 Å². The Balaban J connectivity index is 1.69. The Kier molecular flexibility index (Phi) is 5.09. The Hall–Kier alpha value is -3.15. The van der Waals surface area contributed by atoms with Gasteiger partial charge >= 0.3 is 5.97 Å². The number of nitrogens with zero attached hydrogens (tertiary/aromatic N) is 1. The third-order valence-corrected chi connectivity index (χ3v) is 5.97. The zero-order valence-corrected chi connectivity index (χ0v) is 16.3. The molecule has 2 fully saturated rings. The van der Waals surface area contributed by atoms with Crippen LogP contribution in [0.5, 0.6) is 0 Å². The van der Waals surface area contributed by atoms with Crippen molar-refractivity contribution in [2.24, 2.45) is 5.41 Å². The van der Waals surface area contributed by atoms with Gasteiger partial charge in [0, 0.05) is 13.0 Å². The maximum Gasteiger partial charge on any atom is 0.321 e. The molecule has 6 heteroatoms. The Morgan fingerprint density at radius 1 is 1.07 bits per heavy atom. The summed E-state index contributed by atoms with van der Waals surface area (Å²) in [5.74, 6) is -1.03. The van der Waals surface area contributed by atoms with Crippen molar-refractivity contribution in [2.75, 3.05) is 13.7 Å². The number of esters is 1. The summed E-state index contributed by atoms with van der Waals surface area (Å²) in [6.07, 6.45) is 1.01. The number of fused-ring (bicyclic) bond motifs is 1. The number of rotatable bonds is 5. The van der Waals surface area contributed by atoms with Gasteiger partial charge in [0.05, 0.1) is 13.2 Å². The fourth-order valence-corrected chi connectivity index (χ4v) is 4.59. The van der Waals surface area contributed by atoms with Gasteiger partial charge in [-0.25, -0.2) is 0 Å². The van der Waals surface area contributed by atoms with Crippen LogP contribution in [0.1, 0.15) is 17.5 Å². The van der Waals surface area contributed by atoms with Crippen molar-refractivity contribution in [3.8, 4) is 0 Å². The van der Waals surface area contributed by atoms with Gasteiger partial charge in [-0.05, 0) is 24.0 Å². The fourth-order valence-electron chi connectivity index (χ4n) is 4.59. The van der Waals surface area contributed by atoms with Crippen LogP contribution < -0.4 is 5.32 Å². The lowest BCUT2D eigenvalue weighted by molar-refractivity contribution is -0.161. The molecule has 6 nitrogen and oxygen atoms in total. The topological polar surface area (TPSA) is 75.7 Å². The van der Waals surface area contributed by atoms with Crippen LogP contribution in [-0.4, -0.2) is 48.4 Å². The van der Waals surface area contributed by atoms with Crippen molar-refractivity contribution in [2.45, 2.75) is 31.3 Å². The highest BCUT2D eigenvalue weighted by Crippen LogP contribution is 2.42. The second-order valence-corrected chi connectivity index (χ2v) is 7.76. The first kappa shape index (κ1) is 19.2. The summed E-state index contributed by atoms with van der Waals surface area (Å²) in [5, 5.41) is 2.92. The lowest BCUT2D eigenvalue weighted by Crippen LogP contribution is -2.60. The number of amides is 2. The molecule has 2 amide bonds. The summed E-state index contributed by atoms with van der Waals surface area (Å²) >= 11 is 0. The molecule has 0 spiro atoms. The maximum atomic E-state index is 13.7. The molecule has 29 heavy (non-hydrogen) atoms. The van der Waals surface area contributed by atoms with Crippen molar-refractivity contribution < 1.29 is 19.1 Å². The van der Waals surface area contributed by atoms with Crippen LogP contribution in [0.3, 0.4) is 0 Å². The molecule has 3 atom stereocenters. The number of hydrogen-bond acceptors (Lipinski definition) is 4. The predicted molar refractivity (Wildman–Crippen MR) is 107 cm³/mol. The van der Waals surface area contributed by atoms with Gasteiger partial charge in [0.15, 0.2) is 5.41 Å². The Morgan fingerprint density at radius 3 is 2.31 bits per heavy atom. The van der Waals surface area contributed by atoms with Crippen LogP contribution in [0.15, 0.2) is 60.7 Å². The van der Waals surface area contributed by atoms with Crippen LogP contribution in [0, 0.1) is 5.41 Å². The van der Waals surface area contributed by atoms with Crippen LogP contribution in [-0.2, 0) is 32.0 Å². The van der Waals surface area contributed by atoms with Crippen LogP contribution in [0.25, 0.3) is 0 Å². The van der Waals surface area contributed by atoms with E-state index in [9.17, 15) is 14.4 Å². The SMILES string of the molecule is COC(=O)[C@@]1(Cc2ccccc2)C[C@@H]2CNC(=O)[C@H](Cc3ccccc3)N2C1=O. The van der Waals surface area contributed by atoms with Gasteiger partial charge in [-0.15, -0.1) is 0 Å². The monoisotopic (exact) mass is 392 g/mol. The number of hydrogen-bond donors (Lipinski definition) is 1. The quantitative estimate of drug-likeness (QED) is 0.621. The normalized spacial score (nSPS) is 26.0. The van der Waals surface area contributed by atoms with Gasteiger partial charge in [-0.2, -0.15) is 0 Å². The lowest BCUT2D eigenvalue weighted by Gasteiger charge is -2.37. The summed E-state index contributed by atoms with van der Waals surface area (Å²) in [6, 6.07) is 18.2. The minimum absolute atomic E-state index is 0.182. The zero-order valence-electron chi connectivity index (χ0n) is 16.3. The standard InChI is InChI=1S/C23H24N2O4/c1-29-22(28)23(13-17-10-6-3-7-11-17)14-18-15-24-20(26)19(25(18)21(23)27)12-16-8-4-2-5-9-16/h2-11,18-19H,12-15H2,1H3,(H,24,26)/t18-,19+,23+/m1/s1. The lowest BCUT2D eigenvalue weighted by atomic mass is 9.79. The summed E-state index contributed by atoms with van der Waals surface area (Å²) < 4.78 is 5.07. The Morgan fingerprint density at radius 2 is 1.69 bits per heavy atom. The zero-order chi connectivity index (χ0) is 20.4. The molecule has 0 aromatic heterocycles. The van der Waals surface area contributed by atoms with E-state index in [0.29, 0.717) is 19.4 Å². The van der Waals surface area contributed by atoms with E-state index in [-0.39, 0.29) is 24.3 Å². The van der Waals surface area contributed by atoms with E-state index in [4.69, 9.17) is 4.74 Å². The smallest absolute Gasteiger partial charge is 0.321 e.